The van der Waals surface area contributed by atoms with Gasteiger partial charge in [-0.15, -0.1) is 0 Å². The molecular formula is C15H16O2. The van der Waals surface area contributed by atoms with E-state index in [9.17, 15) is 4.79 Å². The van der Waals surface area contributed by atoms with Gasteiger partial charge in [-0.1, -0.05) is 37.6 Å². The Morgan fingerprint density at radius 3 is 2.59 bits per heavy atom. The summed E-state index contributed by atoms with van der Waals surface area (Å²) in [4.78, 5) is 11.2. The maximum atomic E-state index is 11.2. The molecule has 1 heterocycles. The lowest BCUT2D eigenvalue weighted by atomic mass is 10.0. The van der Waals surface area contributed by atoms with Crippen molar-refractivity contribution in [1.82, 2.24) is 0 Å². The van der Waals surface area contributed by atoms with E-state index in [1.54, 1.807) is 6.07 Å². The fourth-order valence-corrected chi connectivity index (χ4v) is 1.92. The molecule has 0 unspecified atom stereocenters. The maximum absolute atomic E-state index is 11.2. The summed E-state index contributed by atoms with van der Waals surface area (Å²) < 4.78 is 5.57. The second-order valence-electron chi connectivity index (χ2n) is 4.13. The minimum Gasteiger partial charge on any atom is -0.453 e. The highest BCUT2D eigenvalue weighted by Crippen LogP contribution is 2.26. The number of ketones is 1. The Balaban J connectivity index is 2.41. The molecule has 1 aromatic carbocycles. The first-order chi connectivity index (χ1) is 8.22. The molecule has 0 amide bonds. The molecule has 2 heteroatoms. The van der Waals surface area contributed by atoms with Gasteiger partial charge in [0.15, 0.2) is 11.5 Å². The minimum absolute atomic E-state index is 0.0378. The molecular weight excluding hydrogens is 212 g/mol. The summed E-state index contributed by atoms with van der Waals surface area (Å²) in [6, 6.07) is 11.8. The van der Waals surface area contributed by atoms with Crippen LogP contribution in [0, 0.1) is 0 Å². The smallest absolute Gasteiger partial charge is 0.194 e. The van der Waals surface area contributed by atoms with E-state index in [1.165, 1.54) is 12.5 Å². The van der Waals surface area contributed by atoms with Crippen molar-refractivity contribution in [2.45, 2.75) is 26.7 Å². The summed E-state index contributed by atoms with van der Waals surface area (Å²) in [5, 5.41) is 0. The zero-order valence-corrected chi connectivity index (χ0v) is 10.2. The molecule has 2 aromatic rings. The Morgan fingerprint density at radius 2 is 1.94 bits per heavy atom. The van der Waals surface area contributed by atoms with Crippen LogP contribution in [0.5, 0.6) is 0 Å². The minimum atomic E-state index is -0.0378. The highest BCUT2D eigenvalue weighted by atomic mass is 16.3. The molecule has 0 bridgehead atoms. The van der Waals surface area contributed by atoms with Crippen LogP contribution >= 0.6 is 0 Å². The quantitative estimate of drug-likeness (QED) is 0.737. The van der Waals surface area contributed by atoms with Gasteiger partial charge >= 0.3 is 0 Å². The standard InChI is InChI=1S/C15H16O2/c1-3-6-12-7-4-5-8-13(12)15-10-9-14(17-15)11(2)16/h4-5,7-10H,3,6H2,1-2H3. The van der Waals surface area contributed by atoms with Crippen LogP contribution in [0.2, 0.25) is 0 Å². The molecule has 17 heavy (non-hydrogen) atoms. The molecule has 0 aliphatic carbocycles. The van der Waals surface area contributed by atoms with Crippen molar-refractivity contribution in [3.05, 3.63) is 47.7 Å². The molecule has 0 fully saturated rings. The zero-order chi connectivity index (χ0) is 12.3. The number of carbonyl (C=O) groups excluding carboxylic acids is 1. The maximum Gasteiger partial charge on any atom is 0.194 e. The van der Waals surface area contributed by atoms with Crippen LogP contribution in [0.25, 0.3) is 11.3 Å². The van der Waals surface area contributed by atoms with Gasteiger partial charge in [-0.05, 0) is 24.1 Å². The summed E-state index contributed by atoms with van der Waals surface area (Å²) in [6.07, 6.45) is 2.11. The van der Waals surface area contributed by atoms with Gasteiger partial charge in [-0.2, -0.15) is 0 Å². The van der Waals surface area contributed by atoms with Crippen molar-refractivity contribution in [1.29, 1.82) is 0 Å². The molecule has 2 nitrogen and oxygen atoms in total. The molecule has 0 aliphatic heterocycles. The second-order valence-corrected chi connectivity index (χ2v) is 4.13. The van der Waals surface area contributed by atoms with Crippen LogP contribution in [0.1, 0.15) is 36.4 Å². The van der Waals surface area contributed by atoms with Gasteiger partial charge in [0.1, 0.15) is 5.76 Å². The summed E-state index contributed by atoms with van der Waals surface area (Å²) >= 11 is 0. The van der Waals surface area contributed by atoms with E-state index in [2.05, 4.69) is 13.0 Å². The number of Topliss-reactive ketones (excluding diaryl/α,β-unsaturated/α-hetero) is 1. The Morgan fingerprint density at radius 1 is 1.18 bits per heavy atom. The third-order valence-corrected chi connectivity index (χ3v) is 2.76. The lowest BCUT2D eigenvalue weighted by molar-refractivity contribution is 0.0988. The number of carbonyl (C=O) groups is 1. The molecule has 0 saturated carbocycles. The van der Waals surface area contributed by atoms with Crippen LogP contribution in [0.15, 0.2) is 40.8 Å². The predicted molar refractivity (Wildman–Crippen MR) is 68.1 cm³/mol. The van der Waals surface area contributed by atoms with E-state index in [4.69, 9.17) is 4.42 Å². The average molecular weight is 228 g/mol. The topological polar surface area (TPSA) is 30.2 Å². The molecule has 0 N–H and O–H groups in total. The lowest BCUT2D eigenvalue weighted by Crippen LogP contribution is -1.88. The number of aryl methyl sites for hydroxylation is 1. The molecule has 1 aromatic heterocycles. The Labute approximate surface area is 101 Å². The first-order valence-electron chi connectivity index (χ1n) is 5.91. The second kappa shape index (κ2) is 5.00. The van der Waals surface area contributed by atoms with Crippen molar-refractivity contribution >= 4 is 5.78 Å². The molecule has 0 aliphatic rings. The monoisotopic (exact) mass is 228 g/mol. The van der Waals surface area contributed by atoms with E-state index < -0.39 is 0 Å². The van der Waals surface area contributed by atoms with Crippen LogP contribution in [0.3, 0.4) is 0 Å². The highest BCUT2D eigenvalue weighted by Gasteiger charge is 2.10. The summed E-state index contributed by atoms with van der Waals surface area (Å²) in [5.41, 5.74) is 2.35. The van der Waals surface area contributed by atoms with Crippen LogP contribution < -0.4 is 0 Å². The largest absolute Gasteiger partial charge is 0.453 e. The van der Waals surface area contributed by atoms with Crippen LogP contribution in [-0.2, 0) is 6.42 Å². The highest BCUT2D eigenvalue weighted by molar-refractivity contribution is 5.91. The van der Waals surface area contributed by atoms with E-state index in [1.807, 2.05) is 24.3 Å². The average Bonchev–Trinajstić information content (AvgIpc) is 2.79. The van der Waals surface area contributed by atoms with Gasteiger partial charge in [0.25, 0.3) is 0 Å². The van der Waals surface area contributed by atoms with Crippen molar-refractivity contribution in [2.24, 2.45) is 0 Å². The Bertz CT molecular complexity index is 523. The zero-order valence-electron chi connectivity index (χ0n) is 10.2. The fraction of sp³-hybridized carbons (Fsp3) is 0.267. The van der Waals surface area contributed by atoms with Crippen molar-refractivity contribution in [3.63, 3.8) is 0 Å². The van der Waals surface area contributed by atoms with E-state index in [-0.39, 0.29) is 5.78 Å². The van der Waals surface area contributed by atoms with Crippen LogP contribution in [0.4, 0.5) is 0 Å². The number of furan rings is 1. The van der Waals surface area contributed by atoms with Crippen molar-refractivity contribution in [2.75, 3.05) is 0 Å². The van der Waals surface area contributed by atoms with Crippen molar-refractivity contribution in [3.8, 4) is 11.3 Å². The number of benzene rings is 1. The van der Waals surface area contributed by atoms with Gasteiger partial charge in [0.2, 0.25) is 0 Å². The van der Waals surface area contributed by atoms with E-state index in [0.29, 0.717) is 5.76 Å². The predicted octanol–water partition coefficient (Wildman–Crippen LogP) is 4.10. The summed E-state index contributed by atoms with van der Waals surface area (Å²) in [5.74, 6) is 1.16. The van der Waals surface area contributed by atoms with Gasteiger partial charge < -0.3 is 4.42 Å². The molecule has 88 valence electrons. The molecule has 0 radical (unpaired) electrons. The van der Waals surface area contributed by atoms with E-state index in [0.717, 1.165) is 24.2 Å². The third kappa shape index (κ3) is 2.47. The molecule has 0 spiro atoms. The fourth-order valence-electron chi connectivity index (χ4n) is 1.92. The number of rotatable bonds is 4. The van der Waals surface area contributed by atoms with Gasteiger partial charge in [0.05, 0.1) is 0 Å². The summed E-state index contributed by atoms with van der Waals surface area (Å²) in [7, 11) is 0. The van der Waals surface area contributed by atoms with Gasteiger partial charge in [-0.3, -0.25) is 4.79 Å². The SMILES string of the molecule is CCCc1ccccc1-c1ccc(C(C)=O)o1. The summed E-state index contributed by atoms with van der Waals surface area (Å²) in [6.45, 7) is 3.67. The molecule has 0 atom stereocenters. The van der Waals surface area contributed by atoms with Gasteiger partial charge in [-0.25, -0.2) is 0 Å². The number of hydrogen-bond acceptors (Lipinski definition) is 2. The van der Waals surface area contributed by atoms with Gasteiger partial charge in [0, 0.05) is 12.5 Å². The molecule has 2 rings (SSSR count). The molecule has 0 saturated heterocycles. The lowest BCUT2D eigenvalue weighted by Gasteiger charge is -2.05. The van der Waals surface area contributed by atoms with Crippen molar-refractivity contribution < 1.29 is 9.21 Å². The third-order valence-electron chi connectivity index (χ3n) is 2.76. The van der Waals surface area contributed by atoms with Crippen LogP contribution in [-0.4, -0.2) is 5.78 Å². The first-order valence-corrected chi connectivity index (χ1v) is 5.91. The first kappa shape index (κ1) is 11.6. The number of hydrogen-bond donors (Lipinski definition) is 0. The normalized spacial score (nSPS) is 10.5. The Kier molecular flexibility index (Phi) is 3.43. The van der Waals surface area contributed by atoms with E-state index >= 15 is 0 Å². The Hall–Kier alpha value is -1.83.